The molecule has 1 N–H and O–H groups in total. The Morgan fingerprint density at radius 3 is 2.40 bits per heavy atom. The monoisotopic (exact) mass is 404 g/mol. The van der Waals surface area contributed by atoms with Crippen LogP contribution in [0.5, 0.6) is 0 Å². The lowest BCUT2D eigenvalue weighted by Gasteiger charge is -2.31. The first-order valence-corrected chi connectivity index (χ1v) is 10.6. The number of fused-ring (bicyclic) bond motifs is 6. The van der Waals surface area contributed by atoms with E-state index >= 15 is 0 Å². The van der Waals surface area contributed by atoms with Crippen LogP contribution in [0.3, 0.4) is 0 Å². The molecule has 0 aliphatic carbocycles. The first kappa shape index (κ1) is 19.2. The second-order valence-electron chi connectivity index (χ2n) is 8.72. The fraction of sp³-hybridized carbons (Fsp3) is 0.458. The number of imide groups is 1. The van der Waals surface area contributed by atoms with Crippen LogP contribution in [0, 0.1) is 23.2 Å². The van der Waals surface area contributed by atoms with E-state index in [1.807, 2.05) is 37.3 Å². The fourth-order valence-corrected chi connectivity index (χ4v) is 6.17. The predicted molar refractivity (Wildman–Crippen MR) is 111 cm³/mol. The van der Waals surface area contributed by atoms with Crippen molar-refractivity contribution in [2.75, 3.05) is 11.5 Å². The van der Waals surface area contributed by atoms with Crippen molar-refractivity contribution >= 4 is 28.3 Å². The average molecular weight is 404 g/mol. The molecule has 2 bridgehead atoms. The van der Waals surface area contributed by atoms with E-state index in [4.69, 9.17) is 4.74 Å². The first-order chi connectivity index (χ1) is 14.5. The highest BCUT2D eigenvalue weighted by Crippen LogP contribution is 2.63. The standard InChI is InChI=1S/C24H24N2O4/c1-2-9-23-10-11-24(30-23,12-13-27)20-19(23)21(28)26(22(20)29)18-8-7-15-5-3-4-6-16(15)17(18)14-25/h3-8,19-20,27H,2,9-13H2,1H3. The summed E-state index contributed by atoms with van der Waals surface area (Å²) in [4.78, 5) is 28.6. The van der Waals surface area contributed by atoms with Gasteiger partial charge in [0.15, 0.2) is 0 Å². The number of anilines is 1. The molecule has 6 nitrogen and oxygen atoms in total. The van der Waals surface area contributed by atoms with Crippen molar-refractivity contribution < 1.29 is 19.4 Å². The summed E-state index contributed by atoms with van der Waals surface area (Å²) >= 11 is 0. The maximum absolute atomic E-state index is 13.7. The number of nitrogens with zero attached hydrogens (tertiary/aromatic N) is 2. The highest BCUT2D eigenvalue weighted by Gasteiger charge is 2.74. The number of benzene rings is 2. The van der Waals surface area contributed by atoms with Gasteiger partial charge in [-0.1, -0.05) is 43.7 Å². The molecule has 4 unspecified atom stereocenters. The molecule has 2 aromatic rings. The van der Waals surface area contributed by atoms with Crippen LogP contribution in [0.15, 0.2) is 36.4 Å². The number of rotatable bonds is 5. The third kappa shape index (κ3) is 2.31. The Morgan fingerprint density at radius 1 is 1.10 bits per heavy atom. The molecular weight excluding hydrogens is 380 g/mol. The van der Waals surface area contributed by atoms with Gasteiger partial charge in [0, 0.05) is 18.4 Å². The Balaban J connectivity index is 1.66. The van der Waals surface area contributed by atoms with E-state index in [9.17, 15) is 20.0 Å². The number of aliphatic hydroxyl groups excluding tert-OH is 1. The van der Waals surface area contributed by atoms with Crippen LogP contribution in [0.2, 0.25) is 0 Å². The minimum absolute atomic E-state index is 0.0910. The van der Waals surface area contributed by atoms with Gasteiger partial charge in [-0.2, -0.15) is 5.26 Å². The van der Waals surface area contributed by atoms with Crippen LogP contribution in [0.25, 0.3) is 10.8 Å². The van der Waals surface area contributed by atoms with Gasteiger partial charge in [-0.15, -0.1) is 0 Å². The third-order valence-electron chi connectivity index (χ3n) is 7.29. The van der Waals surface area contributed by atoms with Crippen LogP contribution in [-0.4, -0.2) is 34.7 Å². The highest BCUT2D eigenvalue weighted by molar-refractivity contribution is 6.24. The minimum Gasteiger partial charge on any atom is -0.396 e. The van der Waals surface area contributed by atoms with Gasteiger partial charge >= 0.3 is 0 Å². The van der Waals surface area contributed by atoms with Crippen LogP contribution in [0.1, 0.15) is 44.6 Å². The van der Waals surface area contributed by atoms with E-state index in [1.165, 1.54) is 4.90 Å². The molecule has 2 amide bonds. The van der Waals surface area contributed by atoms with Gasteiger partial charge in [-0.05, 0) is 30.7 Å². The Hall–Kier alpha value is -2.75. The molecule has 3 fully saturated rings. The second kappa shape index (κ2) is 6.63. The lowest BCUT2D eigenvalue weighted by Crippen LogP contribution is -2.43. The summed E-state index contributed by atoms with van der Waals surface area (Å²) in [5, 5.41) is 21.2. The number of hydrogen-bond acceptors (Lipinski definition) is 5. The smallest absolute Gasteiger partial charge is 0.240 e. The van der Waals surface area contributed by atoms with E-state index in [0.717, 1.165) is 23.6 Å². The van der Waals surface area contributed by atoms with Crippen molar-refractivity contribution in [3.63, 3.8) is 0 Å². The summed E-state index contributed by atoms with van der Waals surface area (Å²) in [5.74, 6) is -1.73. The van der Waals surface area contributed by atoms with E-state index < -0.39 is 23.0 Å². The van der Waals surface area contributed by atoms with E-state index in [1.54, 1.807) is 6.07 Å². The molecule has 3 heterocycles. The molecule has 3 aliphatic heterocycles. The molecule has 3 aliphatic rings. The number of aliphatic hydroxyl groups is 1. The number of carbonyl (C=O) groups excluding carboxylic acids is 2. The van der Waals surface area contributed by atoms with Gasteiger partial charge in [-0.3, -0.25) is 9.59 Å². The molecule has 4 atom stereocenters. The van der Waals surface area contributed by atoms with Crippen molar-refractivity contribution in [1.82, 2.24) is 0 Å². The van der Waals surface area contributed by atoms with Gasteiger partial charge < -0.3 is 9.84 Å². The number of carbonyl (C=O) groups is 2. The summed E-state index contributed by atoms with van der Waals surface area (Å²) in [6, 6.07) is 13.2. The van der Waals surface area contributed by atoms with Crippen LogP contribution >= 0.6 is 0 Å². The molecule has 0 radical (unpaired) electrons. The molecular formula is C24H24N2O4. The molecule has 2 aromatic carbocycles. The average Bonchev–Trinajstić information content (AvgIpc) is 3.34. The molecule has 5 rings (SSSR count). The van der Waals surface area contributed by atoms with Crippen LogP contribution < -0.4 is 4.90 Å². The highest BCUT2D eigenvalue weighted by atomic mass is 16.5. The number of nitriles is 1. The topological polar surface area (TPSA) is 90.6 Å². The molecule has 6 heteroatoms. The number of hydrogen-bond donors (Lipinski definition) is 1. The maximum Gasteiger partial charge on any atom is 0.240 e. The lowest BCUT2D eigenvalue weighted by atomic mass is 9.65. The molecule has 3 saturated heterocycles. The SMILES string of the molecule is CCCC12CCC(CCO)(O1)C1C(=O)N(c3ccc4ccccc4c3C#N)C(=O)C12. The number of ether oxygens (including phenoxy) is 1. The van der Waals surface area contributed by atoms with Gasteiger partial charge in [-0.25, -0.2) is 4.90 Å². The van der Waals surface area contributed by atoms with Crippen molar-refractivity contribution in [3.8, 4) is 6.07 Å². The Kier molecular flexibility index (Phi) is 4.25. The second-order valence-corrected chi connectivity index (χ2v) is 8.72. The summed E-state index contributed by atoms with van der Waals surface area (Å²) in [6.45, 7) is 1.96. The normalized spacial score (nSPS) is 32.1. The summed E-state index contributed by atoms with van der Waals surface area (Å²) in [6.07, 6.45) is 3.29. The van der Waals surface area contributed by atoms with E-state index in [0.29, 0.717) is 30.5 Å². The third-order valence-corrected chi connectivity index (χ3v) is 7.29. The van der Waals surface area contributed by atoms with E-state index in [2.05, 4.69) is 6.07 Å². The predicted octanol–water partition coefficient (Wildman–Crippen LogP) is 3.30. The van der Waals surface area contributed by atoms with Crippen LogP contribution in [-0.2, 0) is 14.3 Å². The zero-order valence-corrected chi connectivity index (χ0v) is 16.9. The maximum atomic E-state index is 13.7. The molecule has 0 saturated carbocycles. The first-order valence-electron chi connectivity index (χ1n) is 10.6. The molecule has 0 aromatic heterocycles. The quantitative estimate of drug-likeness (QED) is 0.772. The van der Waals surface area contributed by atoms with Crippen molar-refractivity contribution in [1.29, 1.82) is 5.26 Å². The molecule has 0 spiro atoms. The van der Waals surface area contributed by atoms with Gasteiger partial charge in [0.2, 0.25) is 11.8 Å². The largest absolute Gasteiger partial charge is 0.396 e. The lowest BCUT2D eigenvalue weighted by molar-refractivity contribution is -0.132. The summed E-state index contributed by atoms with van der Waals surface area (Å²) in [5.41, 5.74) is -0.756. The fourth-order valence-electron chi connectivity index (χ4n) is 6.17. The van der Waals surface area contributed by atoms with Crippen molar-refractivity contribution in [2.45, 2.75) is 50.2 Å². The molecule has 154 valence electrons. The van der Waals surface area contributed by atoms with Gasteiger partial charge in [0.1, 0.15) is 6.07 Å². The van der Waals surface area contributed by atoms with E-state index in [-0.39, 0.29) is 18.4 Å². The number of amides is 2. The Bertz CT molecular complexity index is 1070. The Morgan fingerprint density at radius 2 is 1.77 bits per heavy atom. The van der Waals surface area contributed by atoms with Gasteiger partial charge in [0.05, 0.1) is 34.3 Å². The zero-order valence-electron chi connectivity index (χ0n) is 16.9. The summed E-state index contributed by atoms with van der Waals surface area (Å²) < 4.78 is 6.45. The Labute approximate surface area is 175 Å². The van der Waals surface area contributed by atoms with Gasteiger partial charge in [0.25, 0.3) is 0 Å². The van der Waals surface area contributed by atoms with Crippen molar-refractivity contribution in [2.24, 2.45) is 11.8 Å². The van der Waals surface area contributed by atoms with Crippen LogP contribution in [0.4, 0.5) is 5.69 Å². The summed E-state index contributed by atoms with van der Waals surface area (Å²) in [7, 11) is 0. The zero-order chi connectivity index (χ0) is 21.1. The van der Waals surface area contributed by atoms with Crippen molar-refractivity contribution in [3.05, 3.63) is 42.0 Å². The molecule has 30 heavy (non-hydrogen) atoms. The minimum atomic E-state index is -0.792.